The summed E-state index contributed by atoms with van der Waals surface area (Å²) in [5.41, 5.74) is 2.04. The predicted octanol–water partition coefficient (Wildman–Crippen LogP) is 3.46. The Morgan fingerprint density at radius 3 is 2.39 bits per heavy atom. The minimum atomic E-state index is -0.882. The summed E-state index contributed by atoms with van der Waals surface area (Å²) < 4.78 is 1.64. The monoisotopic (exact) mass is 489 g/mol. The highest BCUT2D eigenvalue weighted by atomic mass is 16.6. The van der Waals surface area contributed by atoms with Gasteiger partial charge in [-0.15, -0.1) is 0 Å². The maximum absolute atomic E-state index is 13.2. The fraction of sp³-hybridized carbons (Fsp3) is 0.269. The Morgan fingerprint density at radius 1 is 1.11 bits per heavy atom. The van der Waals surface area contributed by atoms with Gasteiger partial charge in [-0.3, -0.25) is 19.7 Å². The number of aliphatic hydroxyl groups excluding tert-OH is 1. The van der Waals surface area contributed by atoms with Crippen molar-refractivity contribution in [2.45, 2.75) is 19.4 Å². The number of Topliss-reactive ketones (excluding diaryl/α,β-unsaturated/α-hetero) is 1. The number of likely N-dealkylation sites (tertiary alicyclic amines) is 1. The van der Waals surface area contributed by atoms with Crippen molar-refractivity contribution >= 4 is 23.1 Å². The number of carbonyl (C=O) groups is 2. The van der Waals surface area contributed by atoms with E-state index < -0.39 is 22.7 Å². The first kappa shape index (κ1) is 24.8. The summed E-state index contributed by atoms with van der Waals surface area (Å²) in [6, 6.07) is 14.1. The average Bonchev–Trinajstić information content (AvgIpc) is 3.36. The lowest BCUT2D eigenvalue weighted by Gasteiger charge is -2.25. The first-order valence-corrected chi connectivity index (χ1v) is 11.5. The van der Waals surface area contributed by atoms with Crippen molar-refractivity contribution in [3.05, 3.63) is 93.3 Å². The maximum atomic E-state index is 13.2. The van der Waals surface area contributed by atoms with Crippen LogP contribution in [-0.4, -0.2) is 68.5 Å². The molecule has 1 fully saturated rings. The van der Waals surface area contributed by atoms with Crippen LogP contribution in [0, 0.1) is 17.0 Å². The summed E-state index contributed by atoms with van der Waals surface area (Å²) >= 11 is 0. The third-order valence-corrected chi connectivity index (χ3v) is 6.23. The maximum Gasteiger partial charge on any atom is 0.295 e. The van der Waals surface area contributed by atoms with Gasteiger partial charge in [-0.05, 0) is 63.8 Å². The van der Waals surface area contributed by atoms with Crippen LogP contribution in [0.4, 0.5) is 5.69 Å². The molecule has 0 saturated carbocycles. The summed E-state index contributed by atoms with van der Waals surface area (Å²) in [5.74, 6) is -1.84. The molecule has 1 atom stereocenters. The largest absolute Gasteiger partial charge is 0.507 e. The van der Waals surface area contributed by atoms with Gasteiger partial charge in [-0.2, -0.15) is 5.10 Å². The summed E-state index contributed by atoms with van der Waals surface area (Å²) in [7, 11) is 3.82. The second-order valence-corrected chi connectivity index (χ2v) is 8.89. The van der Waals surface area contributed by atoms with Gasteiger partial charge in [0.05, 0.1) is 39.7 Å². The highest BCUT2D eigenvalue weighted by molar-refractivity contribution is 6.46. The molecule has 10 nitrogen and oxygen atoms in total. The Kier molecular flexibility index (Phi) is 6.98. The molecule has 2 heterocycles. The number of aliphatic hydroxyl groups is 1. The first-order chi connectivity index (χ1) is 17.2. The quantitative estimate of drug-likeness (QED) is 0.169. The molecule has 186 valence electrons. The fourth-order valence-corrected chi connectivity index (χ4v) is 4.41. The van der Waals surface area contributed by atoms with Gasteiger partial charge in [0.1, 0.15) is 5.76 Å². The van der Waals surface area contributed by atoms with Gasteiger partial charge < -0.3 is 14.9 Å². The van der Waals surface area contributed by atoms with Crippen LogP contribution in [0.5, 0.6) is 0 Å². The van der Waals surface area contributed by atoms with E-state index in [1.807, 2.05) is 49.3 Å². The summed E-state index contributed by atoms with van der Waals surface area (Å²) in [4.78, 5) is 40.3. The smallest absolute Gasteiger partial charge is 0.295 e. The number of ketones is 1. The zero-order valence-corrected chi connectivity index (χ0v) is 20.3. The van der Waals surface area contributed by atoms with Crippen LogP contribution in [0.2, 0.25) is 0 Å². The van der Waals surface area contributed by atoms with Crippen LogP contribution < -0.4 is 0 Å². The van der Waals surface area contributed by atoms with Gasteiger partial charge in [0, 0.05) is 18.7 Å². The van der Waals surface area contributed by atoms with Gasteiger partial charge in [-0.1, -0.05) is 18.2 Å². The Bertz CT molecular complexity index is 1330. The summed E-state index contributed by atoms with van der Waals surface area (Å²) in [6.45, 7) is 2.74. The van der Waals surface area contributed by atoms with E-state index in [9.17, 15) is 24.8 Å². The van der Waals surface area contributed by atoms with Crippen molar-refractivity contribution in [3.63, 3.8) is 0 Å². The number of para-hydroxylation sites is 1. The normalized spacial score (nSPS) is 17.2. The average molecular weight is 490 g/mol. The molecular weight excluding hydrogens is 462 g/mol. The number of nitrogens with zero attached hydrogens (tertiary/aromatic N) is 5. The number of amides is 1. The van der Waals surface area contributed by atoms with E-state index in [1.165, 1.54) is 35.4 Å². The number of carbonyl (C=O) groups excluding carboxylic acids is 2. The van der Waals surface area contributed by atoms with Crippen LogP contribution in [0.1, 0.15) is 29.3 Å². The SMILES string of the molecule is Cc1c(/C(O)=C2\C(=O)C(=O)N(CCCN(C)C)[C@@H]2c2ccc([N+](=O)[O-])cc2)cnn1-c1ccccc1. The molecule has 2 aromatic carbocycles. The van der Waals surface area contributed by atoms with Gasteiger partial charge in [0.15, 0.2) is 0 Å². The highest BCUT2D eigenvalue weighted by Crippen LogP contribution is 2.40. The number of nitro benzene ring substituents is 1. The molecule has 10 heteroatoms. The Morgan fingerprint density at radius 2 is 1.78 bits per heavy atom. The molecule has 0 unspecified atom stereocenters. The molecule has 1 amide bonds. The molecule has 1 aliphatic rings. The van der Waals surface area contributed by atoms with E-state index in [-0.39, 0.29) is 23.6 Å². The van der Waals surface area contributed by atoms with Crippen LogP contribution in [0.3, 0.4) is 0 Å². The third-order valence-electron chi connectivity index (χ3n) is 6.23. The number of benzene rings is 2. The summed E-state index contributed by atoms with van der Waals surface area (Å²) in [5, 5.41) is 26.9. The van der Waals surface area contributed by atoms with Crippen molar-refractivity contribution in [1.82, 2.24) is 19.6 Å². The number of hydrogen-bond donors (Lipinski definition) is 1. The van der Waals surface area contributed by atoms with E-state index in [2.05, 4.69) is 5.10 Å². The van der Waals surface area contributed by atoms with Crippen molar-refractivity contribution in [2.24, 2.45) is 0 Å². The Balaban J connectivity index is 1.81. The first-order valence-electron chi connectivity index (χ1n) is 11.5. The predicted molar refractivity (Wildman–Crippen MR) is 134 cm³/mol. The van der Waals surface area contributed by atoms with Crippen LogP contribution in [-0.2, 0) is 9.59 Å². The molecule has 3 aromatic rings. The number of hydrogen-bond acceptors (Lipinski definition) is 7. The van der Waals surface area contributed by atoms with E-state index in [4.69, 9.17) is 0 Å². The Hall–Kier alpha value is -4.31. The van der Waals surface area contributed by atoms with Crippen LogP contribution in [0.15, 0.2) is 66.4 Å². The summed E-state index contributed by atoms with van der Waals surface area (Å²) in [6.07, 6.45) is 2.07. The van der Waals surface area contributed by atoms with Gasteiger partial charge >= 0.3 is 0 Å². The number of non-ortho nitro benzene ring substituents is 1. The molecular formula is C26H27N5O5. The molecule has 0 spiro atoms. The van der Waals surface area contributed by atoms with Gasteiger partial charge in [0.25, 0.3) is 17.4 Å². The molecule has 1 aliphatic heterocycles. The zero-order chi connectivity index (χ0) is 26.0. The molecule has 36 heavy (non-hydrogen) atoms. The standard InChI is InChI=1S/C26H27N5O5/c1-17-21(16-27-30(17)19-8-5-4-6-9-19)24(32)22-23(18-10-12-20(13-11-18)31(35)36)29(26(34)25(22)33)15-7-14-28(2)3/h4-6,8-13,16,23,32H,7,14-15H2,1-3H3/b24-22+/t23-/m1/s1. The lowest BCUT2D eigenvalue weighted by molar-refractivity contribution is -0.384. The minimum Gasteiger partial charge on any atom is -0.507 e. The molecule has 4 rings (SSSR count). The lowest BCUT2D eigenvalue weighted by atomic mass is 9.95. The van der Waals surface area contributed by atoms with Gasteiger partial charge in [0.2, 0.25) is 0 Å². The zero-order valence-electron chi connectivity index (χ0n) is 20.3. The van der Waals surface area contributed by atoms with Crippen LogP contribution >= 0.6 is 0 Å². The second kappa shape index (κ2) is 10.1. The molecule has 1 N–H and O–H groups in total. The van der Waals surface area contributed by atoms with Crippen molar-refractivity contribution < 1.29 is 19.6 Å². The van der Waals surface area contributed by atoms with E-state index >= 15 is 0 Å². The Labute approximate surface area is 208 Å². The molecule has 0 bridgehead atoms. The molecule has 0 aliphatic carbocycles. The fourth-order valence-electron chi connectivity index (χ4n) is 4.41. The minimum absolute atomic E-state index is 0.0607. The molecule has 1 saturated heterocycles. The lowest BCUT2D eigenvalue weighted by Crippen LogP contribution is -2.32. The van der Waals surface area contributed by atoms with E-state index in [0.29, 0.717) is 29.8 Å². The topological polar surface area (TPSA) is 122 Å². The van der Waals surface area contributed by atoms with E-state index in [0.717, 1.165) is 5.69 Å². The number of rotatable bonds is 8. The van der Waals surface area contributed by atoms with Crippen molar-refractivity contribution in [2.75, 3.05) is 27.2 Å². The molecule has 1 aromatic heterocycles. The van der Waals surface area contributed by atoms with Crippen LogP contribution in [0.25, 0.3) is 11.4 Å². The molecule has 0 radical (unpaired) electrons. The van der Waals surface area contributed by atoms with Crippen molar-refractivity contribution in [3.8, 4) is 5.69 Å². The number of nitro groups is 1. The third kappa shape index (κ3) is 4.63. The number of aromatic nitrogens is 2. The van der Waals surface area contributed by atoms with Gasteiger partial charge in [-0.25, -0.2) is 4.68 Å². The highest BCUT2D eigenvalue weighted by Gasteiger charge is 2.46. The second-order valence-electron chi connectivity index (χ2n) is 8.89. The van der Waals surface area contributed by atoms with Crippen molar-refractivity contribution in [1.29, 1.82) is 0 Å². The van der Waals surface area contributed by atoms with E-state index in [1.54, 1.807) is 11.6 Å².